The van der Waals surface area contributed by atoms with Crippen LogP contribution in [0.25, 0.3) is 10.9 Å². The summed E-state index contributed by atoms with van der Waals surface area (Å²) in [5.41, 5.74) is 0.609. The summed E-state index contributed by atoms with van der Waals surface area (Å²) in [6.45, 7) is 9.69. The number of hydrogen-bond donors (Lipinski definition) is 0. The smallest absolute Gasteiger partial charge is 0.399 e. The van der Waals surface area contributed by atoms with Gasteiger partial charge in [0.05, 0.1) is 11.2 Å². The van der Waals surface area contributed by atoms with Crippen molar-refractivity contribution < 1.29 is 18.1 Å². The van der Waals surface area contributed by atoms with Gasteiger partial charge < -0.3 is 9.31 Å². The van der Waals surface area contributed by atoms with Crippen molar-refractivity contribution >= 4 is 23.5 Å². The Balaban J connectivity index is 2.11. The van der Waals surface area contributed by atoms with Gasteiger partial charge in [0, 0.05) is 17.0 Å². The molecule has 0 radical (unpaired) electrons. The predicted molar refractivity (Wildman–Crippen MR) is 82.1 cm³/mol. The maximum Gasteiger partial charge on any atom is 0.496 e. The van der Waals surface area contributed by atoms with Gasteiger partial charge in [0.15, 0.2) is 11.6 Å². The molecule has 2 heterocycles. The quantitative estimate of drug-likeness (QED) is 0.759. The average Bonchev–Trinajstić information content (AvgIpc) is 2.63. The number of aryl methyl sites for hydroxylation is 1. The molecule has 116 valence electrons. The van der Waals surface area contributed by atoms with E-state index in [-0.39, 0.29) is 5.52 Å². The van der Waals surface area contributed by atoms with E-state index >= 15 is 0 Å². The Morgan fingerprint density at radius 3 is 2.23 bits per heavy atom. The maximum absolute atomic E-state index is 13.8. The van der Waals surface area contributed by atoms with Crippen molar-refractivity contribution in [3.05, 3.63) is 35.5 Å². The van der Waals surface area contributed by atoms with Crippen LogP contribution in [-0.4, -0.2) is 23.3 Å². The van der Waals surface area contributed by atoms with Crippen molar-refractivity contribution in [1.29, 1.82) is 0 Å². The topological polar surface area (TPSA) is 31.4 Å². The highest BCUT2D eigenvalue weighted by molar-refractivity contribution is 6.62. The molecule has 0 aliphatic carbocycles. The lowest BCUT2D eigenvalue weighted by atomic mass is 9.76. The Morgan fingerprint density at radius 2 is 1.64 bits per heavy atom. The van der Waals surface area contributed by atoms with Crippen molar-refractivity contribution in [1.82, 2.24) is 4.98 Å². The van der Waals surface area contributed by atoms with Crippen LogP contribution in [0.1, 0.15) is 33.3 Å². The van der Waals surface area contributed by atoms with Crippen molar-refractivity contribution in [2.45, 2.75) is 45.8 Å². The number of benzene rings is 1. The number of nitrogens with zero attached hydrogens (tertiary/aromatic N) is 1. The maximum atomic E-state index is 13.8. The van der Waals surface area contributed by atoms with Gasteiger partial charge in [-0.25, -0.2) is 8.78 Å². The van der Waals surface area contributed by atoms with E-state index in [4.69, 9.17) is 9.31 Å². The standard InChI is InChI=1S/C16H18BF2NO2/c1-9-10-6-7-12(18)13(19)14(10)20-8-11(9)17-21-15(2,3)16(4,5)22-17/h6-8H,1-5H3. The highest BCUT2D eigenvalue weighted by Gasteiger charge is 2.52. The monoisotopic (exact) mass is 305 g/mol. The first-order valence-corrected chi connectivity index (χ1v) is 7.23. The van der Waals surface area contributed by atoms with Crippen LogP contribution in [0.15, 0.2) is 18.3 Å². The van der Waals surface area contributed by atoms with Crippen molar-refractivity contribution in [3.63, 3.8) is 0 Å². The molecule has 3 rings (SSSR count). The number of rotatable bonds is 1. The molecule has 0 amide bonds. The summed E-state index contributed by atoms with van der Waals surface area (Å²) < 4.78 is 39.2. The Kier molecular flexibility index (Phi) is 3.31. The Labute approximate surface area is 128 Å². The van der Waals surface area contributed by atoms with Gasteiger partial charge in [0.25, 0.3) is 0 Å². The molecule has 0 unspecified atom stereocenters. The van der Waals surface area contributed by atoms with E-state index in [2.05, 4.69) is 4.98 Å². The highest BCUT2D eigenvalue weighted by atomic mass is 19.2. The number of pyridine rings is 1. The van der Waals surface area contributed by atoms with Gasteiger partial charge in [-0.05, 0) is 52.3 Å². The molecule has 22 heavy (non-hydrogen) atoms. The summed E-state index contributed by atoms with van der Waals surface area (Å²) in [6.07, 6.45) is 1.50. The first kappa shape index (κ1) is 15.4. The SMILES string of the molecule is Cc1c(B2OC(C)(C)C(C)(C)O2)cnc2c(F)c(F)ccc12. The lowest BCUT2D eigenvalue weighted by Gasteiger charge is -2.32. The second-order valence-corrected chi connectivity index (χ2v) is 6.68. The van der Waals surface area contributed by atoms with E-state index in [0.29, 0.717) is 5.39 Å². The third-order valence-corrected chi connectivity index (χ3v) is 4.75. The van der Waals surface area contributed by atoms with Crippen LogP contribution in [0.4, 0.5) is 8.78 Å². The van der Waals surface area contributed by atoms with Crippen molar-refractivity contribution in [2.75, 3.05) is 0 Å². The molecule has 0 N–H and O–H groups in total. The highest BCUT2D eigenvalue weighted by Crippen LogP contribution is 2.37. The molecule has 0 atom stereocenters. The second-order valence-electron chi connectivity index (χ2n) is 6.68. The summed E-state index contributed by atoms with van der Waals surface area (Å²) in [5.74, 6) is -1.83. The molecule has 0 spiro atoms. The van der Waals surface area contributed by atoms with E-state index in [1.807, 2.05) is 34.6 Å². The summed E-state index contributed by atoms with van der Waals surface area (Å²) in [4.78, 5) is 4.07. The first-order valence-electron chi connectivity index (χ1n) is 7.23. The summed E-state index contributed by atoms with van der Waals surface area (Å²) in [6, 6.07) is 2.64. The van der Waals surface area contributed by atoms with E-state index in [1.165, 1.54) is 12.3 Å². The zero-order valence-electron chi connectivity index (χ0n) is 13.3. The lowest BCUT2D eigenvalue weighted by Crippen LogP contribution is -2.41. The van der Waals surface area contributed by atoms with Gasteiger partial charge in [0.2, 0.25) is 0 Å². The van der Waals surface area contributed by atoms with Crippen LogP contribution in [0.3, 0.4) is 0 Å². The molecule has 1 aromatic carbocycles. The Hall–Kier alpha value is -1.53. The largest absolute Gasteiger partial charge is 0.496 e. The summed E-state index contributed by atoms with van der Waals surface area (Å²) in [7, 11) is -0.574. The van der Waals surface area contributed by atoms with Crippen LogP contribution in [0.5, 0.6) is 0 Å². The summed E-state index contributed by atoms with van der Waals surface area (Å²) in [5, 5.41) is 0.561. The van der Waals surface area contributed by atoms with E-state index in [1.54, 1.807) is 0 Å². The predicted octanol–water partition coefficient (Wildman–Crippen LogP) is 3.12. The minimum absolute atomic E-state index is 0.0257. The molecular formula is C16H18BF2NO2. The minimum Gasteiger partial charge on any atom is -0.399 e. The third kappa shape index (κ3) is 2.13. The fourth-order valence-electron chi connectivity index (χ4n) is 2.56. The van der Waals surface area contributed by atoms with Crippen molar-refractivity contribution in [2.24, 2.45) is 0 Å². The van der Waals surface area contributed by atoms with Gasteiger partial charge in [-0.15, -0.1) is 0 Å². The molecule has 6 heteroatoms. The molecule has 2 aromatic rings. The molecule has 1 fully saturated rings. The molecule has 0 saturated carbocycles. The van der Waals surface area contributed by atoms with E-state index in [9.17, 15) is 8.78 Å². The fraction of sp³-hybridized carbons (Fsp3) is 0.438. The first-order chi connectivity index (χ1) is 10.1. The van der Waals surface area contributed by atoms with Crippen LogP contribution in [0.2, 0.25) is 0 Å². The number of hydrogen-bond acceptors (Lipinski definition) is 3. The van der Waals surface area contributed by atoms with Crippen LogP contribution in [0, 0.1) is 18.6 Å². The number of aromatic nitrogens is 1. The van der Waals surface area contributed by atoms with E-state index < -0.39 is 30.0 Å². The van der Waals surface area contributed by atoms with Gasteiger partial charge >= 0.3 is 7.12 Å². The molecule has 1 aliphatic heterocycles. The van der Waals surface area contributed by atoms with E-state index in [0.717, 1.165) is 17.1 Å². The molecule has 1 aliphatic rings. The molecule has 1 aromatic heterocycles. The zero-order chi connectivity index (χ0) is 16.3. The normalized spacial score (nSPS) is 19.9. The third-order valence-electron chi connectivity index (χ3n) is 4.75. The second kappa shape index (κ2) is 4.73. The Morgan fingerprint density at radius 1 is 1.05 bits per heavy atom. The Bertz CT molecular complexity index is 745. The van der Waals surface area contributed by atoms with Gasteiger partial charge in [-0.1, -0.05) is 0 Å². The van der Waals surface area contributed by atoms with Crippen LogP contribution < -0.4 is 5.46 Å². The lowest BCUT2D eigenvalue weighted by molar-refractivity contribution is 0.00578. The van der Waals surface area contributed by atoms with Crippen LogP contribution in [-0.2, 0) is 9.31 Å². The fourth-order valence-corrected chi connectivity index (χ4v) is 2.56. The summed E-state index contributed by atoms with van der Waals surface area (Å²) >= 11 is 0. The van der Waals surface area contributed by atoms with Crippen LogP contribution >= 0.6 is 0 Å². The van der Waals surface area contributed by atoms with Crippen molar-refractivity contribution in [3.8, 4) is 0 Å². The molecule has 0 bridgehead atoms. The van der Waals surface area contributed by atoms with Gasteiger partial charge in [-0.2, -0.15) is 0 Å². The van der Waals surface area contributed by atoms with Gasteiger partial charge in [-0.3, -0.25) is 4.98 Å². The average molecular weight is 305 g/mol. The number of fused-ring (bicyclic) bond motifs is 1. The molecule has 3 nitrogen and oxygen atoms in total. The van der Waals surface area contributed by atoms with Gasteiger partial charge in [0.1, 0.15) is 5.52 Å². The number of halogens is 2. The zero-order valence-corrected chi connectivity index (χ0v) is 13.3. The molecule has 1 saturated heterocycles. The minimum atomic E-state index is -0.930. The molecular weight excluding hydrogens is 287 g/mol.